The number of hydrogen-bond acceptors (Lipinski definition) is 8. The molecule has 1 aliphatic heterocycles. The Bertz CT molecular complexity index is 1280. The minimum absolute atomic E-state index is 0.0999. The molecule has 0 radical (unpaired) electrons. The molecule has 2 aromatic rings. The van der Waals surface area contributed by atoms with Gasteiger partial charge in [0.05, 0.1) is 15.5 Å². The van der Waals surface area contributed by atoms with Crippen LogP contribution in [0.5, 0.6) is 0 Å². The number of benzene rings is 2. The van der Waals surface area contributed by atoms with Gasteiger partial charge in [-0.25, -0.2) is 22.0 Å². The third-order valence-electron chi connectivity index (χ3n) is 4.04. The minimum atomic E-state index is -4.51. The highest BCUT2D eigenvalue weighted by Crippen LogP contribution is 2.42. The number of primary sulfonamides is 1. The molecule has 0 spiro atoms. The molecule has 3 N–H and O–H groups in total. The zero-order chi connectivity index (χ0) is 21.6. The van der Waals surface area contributed by atoms with Gasteiger partial charge in [0.25, 0.3) is 10.1 Å². The van der Waals surface area contributed by atoms with Crippen molar-refractivity contribution in [1.29, 1.82) is 0 Å². The van der Waals surface area contributed by atoms with Gasteiger partial charge in [0.2, 0.25) is 14.7 Å². The molecule has 1 aliphatic rings. The molecule has 0 bridgehead atoms. The number of nitrogens with two attached hydrogens (primary N) is 1. The molecule has 156 valence electrons. The fraction of sp³-hybridized carbons (Fsp3) is 0.125. The molecule has 0 aromatic heterocycles. The van der Waals surface area contributed by atoms with E-state index < -0.39 is 34.7 Å². The summed E-state index contributed by atoms with van der Waals surface area (Å²) in [5.41, 5.74) is 1.19. The van der Waals surface area contributed by atoms with Crippen molar-refractivity contribution in [3.05, 3.63) is 59.5 Å². The van der Waals surface area contributed by atoms with Crippen LogP contribution >= 0.6 is 11.8 Å². The van der Waals surface area contributed by atoms with Crippen molar-refractivity contribution in [2.75, 3.05) is 11.2 Å². The highest BCUT2D eigenvalue weighted by molar-refractivity contribution is 8.14. The molecule has 9 nitrogen and oxygen atoms in total. The predicted molar refractivity (Wildman–Crippen MR) is 111 cm³/mol. The maximum atomic E-state index is 11.9. The van der Waals surface area contributed by atoms with Gasteiger partial charge in [-0.15, -0.1) is 0 Å². The van der Waals surface area contributed by atoms with Crippen molar-refractivity contribution in [2.24, 2.45) is 5.14 Å². The van der Waals surface area contributed by atoms with Crippen LogP contribution in [0.4, 0.5) is 5.69 Å². The molecule has 1 heterocycles. The van der Waals surface area contributed by atoms with Crippen LogP contribution < -0.4 is 10.0 Å². The van der Waals surface area contributed by atoms with Crippen LogP contribution in [0.2, 0.25) is 0 Å². The summed E-state index contributed by atoms with van der Waals surface area (Å²) in [6, 6.07) is 11.0. The molecule has 0 fully saturated rings. The second-order valence-corrected chi connectivity index (χ2v) is 12.5. The van der Waals surface area contributed by atoms with Crippen molar-refractivity contribution >= 4 is 53.1 Å². The van der Waals surface area contributed by atoms with Crippen LogP contribution in [-0.4, -0.2) is 40.8 Å². The van der Waals surface area contributed by atoms with Gasteiger partial charge in [-0.3, -0.25) is 4.55 Å². The largest absolute Gasteiger partial charge is 0.312 e. The number of nitrogens with zero attached hydrogens (tertiary/aromatic N) is 1. The first kappa shape index (κ1) is 21.8. The maximum absolute atomic E-state index is 11.9. The van der Waals surface area contributed by atoms with Crippen molar-refractivity contribution < 1.29 is 29.8 Å². The molecule has 0 saturated heterocycles. The van der Waals surface area contributed by atoms with Crippen LogP contribution in [-0.2, 0) is 30.0 Å². The smallest absolute Gasteiger partial charge is 0.297 e. The summed E-state index contributed by atoms with van der Waals surface area (Å²) < 4.78 is 78.2. The molecule has 3 rings (SSSR count). The number of anilines is 1. The second-order valence-electron chi connectivity index (χ2n) is 6.17. The minimum Gasteiger partial charge on any atom is -0.312 e. The monoisotopic (exact) mass is 476 g/mol. The Kier molecular flexibility index (Phi) is 5.57. The van der Waals surface area contributed by atoms with E-state index in [9.17, 15) is 29.8 Å². The van der Waals surface area contributed by atoms with E-state index in [0.29, 0.717) is 16.9 Å². The predicted octanol–water partition coefficient (Wildman–Crippen LogP) is 1.46. The van der Waals surface area contributed by atoms with Crippen molar-refractivity contribution in [3.63, 3.8) is 0 Å². The van der Waals surface area contributed by atoms with E-state index in [2.05, 4.69) is 0 Å². The Hall–Kier alpha value is -1.90. The van der Waals surface area contributed by atoms with Gasteiger partial charge in [0.15, 0.2) is 9.84 Å². The fourth-order valence-corrected chi connectivity index (χ4v) is 5.92. The number of hydrogen-bond donors (Lipinski definition) is 2. The van der Waals surface area contributed by atoms with E-state index >= 15 is 0 Å². The van der Waals surface area contributed by atoms with Crippen molar-refractivity contribution in [1.82, 2.24) is 0 Å². The zero-order valence-corrected chi connectivity index (χ0v) is 18.1. The van der Waals surface area contributed by atoms with Crippen LogP contribution in [0.25, 0.3) is 5.70 Å². The highest BCUT2D eigenvalue weighted by Gasteiger charge is 2.38. The molecule has 0 saturated carbocycles. The lowest BCUT2D eigenvalue weighted by Crippen LogP contribution is -2.34. The maximum Gasteiger partial charge on any atom is 0.297 e. The van der Waals surface area contributed by atoms with E-state index in [0.717, 1.165) is 18.0 Å². The van der Waals surface area contributed by atoms with E-state index in [-0.39, 0.29) is 9.79 Å². The van der Waals surface area contributed by atoms with Crippen LogP contribution in [0, 0.1) is 0 Å². The van der Waals surface area contributed by atoms with Gasteiger partial charge >= 0.3 is 0 Å². The third kappa shape index (κ3) is 4.65. The summed E-state index contributed by atoms with van der Waals surface area (Å²) >= 11 is 0.839. The summed E-state index contributed by atoms with van der Waals surface area (Å²) in [5, 5.41) is 6.60. The normalized spacial score (nSPS) is 18.0. The second kappa shape index (κ2) is 7.41. The average Bonchev–Trinajstić information content (AvgIpc) is 3.06. The van der Waals surface area contributed by atoms with Crippen LogP contribution in [0.3, 0.4) is 0 Å². The van der Waals surface area contributed by atoms with Crippen LogP contribution in [0.15, 0.2) is 63.7 Å². The van der Waals surface area contributed by atoms with Crippen molar-refractivity contribution in [2.45, 2.75) is 14.5 Å². The number of rotatable bonds is 5. The third-order valence-corrected chi connectivity index (χ3v) is 8.69. The van der Waals surface area contributed by atoms with Crippen molar-refractivity contribution in [3.8, 4) is 0 Å². The Morgan fingerprint density at radius 1 is 0.897 bits per heavy atom. The molecule has 1 atom stereocenters. The Morgan fingerprint density at radius 2 is 1.41 bits per heavy atom. The lowest BCUT2D eigenvalue weighted by Gasteiger charge is -2.27. The Balaban J connectivity index is 2.07. The standard InChI is InChI=1S/C16H16N2O7S4/c1-27(19,20)13-6-2-11(3-7-13)15-10-26-16(29(23,24)25)18(15)12-4-8-14(9-5-12)28(17,21)22/h2-10,16H,1H3,(H2,17,21,22)(H,23,24,25). The molecule has 1 unspecified atom stereocenters. The molecule has 13 heteroatoms. The molecular weight excluding hydrogens is 460 g/mol. The molecule has 0 aliphatic carbocycles. The summed E-state index contributed by atoms with van der Waals surface area (Å²) in [5.74, 6) is 0. The number of sulfone groups is 1. The average molecular weight is 477 g/mol. The Labute approximate surface area is 172 Å². The Morgan fingerprint density at radius 3 is 1.86 bits per heavy atom. The number of thioether (sulfide) groups is 1. The highest BCUT2D eigenvalue weighted by atomic mass is 32.3. The van der Waals surface area contributed by atoms with Gasteiger partial charge in [0.1, 0.15) is 0 Å². The summed E-state index contributed by atoms with van der Waals surface area (Å²) in [4.78, 5) is 1.25. The van der Waals surface area contributed by atoms with E-state index in [4.69, 9.17) is 5.14 Å². The van der Waals surface area contributed by atoms with Gasteiger partial charge < -0.3 is 4.90 Å². The number of sulfonamides is 1. The van der Waals surface area contributed by atoms with E-state index in [1.165, 1.54) is 58.8 Å². The molecular formula is C16H16N2O7S4. The molecule has 0 amide bonds. The SMILES string of the molecule is CS(=O)(=O)c1ccc(C2=CSC(S(=O)(=O)O)N2c2ccc(S(N)(=O)=O)cc2)cc1. The fourth-order valence-electron chi connectivity index (χ4n) is 2.69. The quantitative estimate of drug-likeness (QED) is 0.611. The lowest BCUT2D eigenvalue weighted by molar-refractivity contribution is 0.480. The first-order chi connectivity index (χ1) is 13.3. The summed E-state index contributed by atoms with van der Waals surface area (Å²) in [6.45, 7) is 0. The van der Waals surface area contributed by atoms with Gasteiger partial charge in [-0.1, -0.05) is 23.9 Å². The van der Waals surface area contributed by atoms with Gasteiger partial charge in [-0.05, 0) is 47.4 Å². The molecule has 2 aromatic carbocycles. The first-order valence-corrected chi connectivity index (χ1v) is 13.7. The zero-order valence-electron chi connectivity index (χ0n) is 14.8. The van der Waals surface area contributed by atoms with Gasteiger partial charge in [-0.2, -0.15) is 8.42 Å². The summed E-state index contributed by atoms with van der Waals surface area (Å²) in [7, 11) is -11.8. The topological polar surface area (TPSA) is 152 Å². The molecule has 29 heavy (non-hydrogen) atoms. The van der Waals surface area contributed by atoms with Gasteiger partial charge in [0, 0.05) is 11.9 Å². The summed E-state index contributed by atoms with van der Waals surface area (Å²) in [6.07, 6.45) is 1.07. The van der Waals surface area contributed by atoms with E-state index in [1.54, 1.807) is 0 Å². The first-order valence-electron chi connectivity index (χ1n) is 7.83. The van der Waals surface area contributed by atoms with Crippen LogP contribution in [0.1, 0.15) is 5.56 Å². The van der Waals surface area contributed by atoms with E-state index in [1.807, 2.05) is 0 Å². The lowest BCUT2D eigenvalue weighted by atomic mass is 10.1.